The number of aliphatic carboxylic acids is 1. The number of hydrogen-bond acceptors (Lipinski definition) is 5. The molecule has 0 spiro atoms. The zero-order chi connectivity index (χ0) is 13.1. The van der Waals surface area contributed by atoms with E-state index in [-0.39, 0.29) is 11.8 Å². The molecule has 0 bridgehead atoms. The molecule has 0 aromatic carbocycles. The Kier molecular flexibility index (Phi) is 3.96. The van der Waals surface area contributed by atoms with Crippen molar-refractivity contribution in [1.82, 2.24) is 15.0 Å². The SMILES string of the molecule is CCCc1noc(CN2CC(C(C)C(=O)O)C2)n1. The molecule has 1 atom stereocenters. The van der Waals surface area contributed by atoms with Gasteiger partial charge in [0.25, 0.3) is 0 Å². The lowest BCUT2D eigenvalue weighted by atomic mass is 9.87. The van der Waals surface area contributed by atoms with E-state index in [0.29, 0.717) is 12.4 Å². The van der Waals surface area contributed by atoms with Gasteiger partial charge in [-0.1, -0.05) is 19.0 Å². The number of rotatable bonds is 6. The van der Waals surface area contributed by atoms with Gasteiger partial charge in [0.05, 0.1) is 12.5 Å². The van der Waals surface area contributed by atoms with Crippen LogP contribution in [0.3, 0.4) is 0 Å². The van der Waals surface area contributed by atoms with Crippen molar-refractivity contribution in [1.29, 1.82) is 0 Å². The largest absolute Gasteiger partial charge is 0.481 e. The highest BCUT2D eigenvalue weighted by atomic mass is 16.5. The summed E-state index contributed by atoms with van der Waals surface area (Å²) < 4.78 is 5.15. The molecule has 0 aliphatic carbocycles. The van der Waals surface area contributed by atoms with Crippen LogP contribution in [0.4, 0.5) is 0 Å². The van der Waals surface area contributed by atoms with Crippen LogP contribution >= 0.6 is 0 Å². The molecule has 100 valence electrons. The molecule has 1 aliphatic heterocycles. The van der Waals surface area contributed by atoms with Gasteiger partial charge in [-0.05, 0) is 12.3 Å². The van der Waals surface area contributed by atoms with Gasteiger partial charge in [-0.2, -0.15) is 4.98 Å². The van der Waals surface area contributed by atoms with E-state index in [1.807, 2.05) is 0 Å². The highest BCUT2D eigenvalue weighted by Crippen LogP contribution is 2.25. The highest BCUT2D eigenvalue weighted by molar-refractivity contribution is 5.70. The summed E-state index contributed by atoms with van der Waals surface area (Å²) in [6, 6.07) is 0. The Labute approximate surface area is 106 Å². The first-order valence-corrected chi connectivity index (χ1v) is 6.36. The van der Waals surface area contributed by atoms with Crippen LogP contribution in [0.25, 0.3) is 0 Å². The molecule has 1 saturated heterocycles. The molecule has 2 heterocycles. The Morgan fingerprint density at radius 2 is 2.33 bits per heavy atom. The van der Waals surface area contributed by atoms with E-state index >= 15 is 0 Å². The van der Waals surface area contributed by atoms with Crippen LogP contribution in [0.15, 0.2) is 4.52 Å². The first-order valence-electron chi connectivity index (χ1n) is 6.36. The quantitative estimate of drug-likeness (QED) is 0.820. The standard InChI is InChI=1S/C12H19N3O3/c1-3-4-10-13-11(18-14-10)7-15-5-9(6-15)8(2)12(16)17/h8-9H,3-7H2,1-2H3,(H,16,17). The highest BCUT2D eigenvalue weighted by Gasteiger charge is 2.35. The average molecular weight is 253 g/mol. The Morgan fingerprint density at radius 1 is 1.61 bits per heavy atom. The van der Waals surface area contributed by atoms with Crippen LogP contribution in [0.1, 0.15) is 32.0 Å². The van der Waals surface area contributed by atoms with Gasteiger partial charge in [0.1, 0.15) is 0 Å². The van der Waals surface area contributed by atoms with E-state index in [1.165, 1.54) is 0 Å². The smallest absolute Gasteiger partial charge is 0.306 e. The molecule has 1 N–H and O–H groups in total. The maximum atomic E-state index is 10.8. The van der Waals surface area contributed by atoms with E-state index in [2.05, 4.69) is 22.0 Å². The number of carboxylic acid groups (broad SMARTS) is 1. The summed E-state index contributed by atoms with van der Waals surface area (Å²) in [5.74, 6) is 0.617. The molecule has 0 amide bonds. The van der Waals surface area contributed by atoms with Crippen LogP contribution in [-0.4, -0.2) is 39.2 Å². The topological polar surface area (TPSA) is 79.5 Å². The van der Waals surface area contributed by atoms with Gasteiger partial charge in [-0.15, -0.1) is 0 Å². The van der Waals surface area contributed by atoms with Gasteiger partial charge in [0.2, 0.25) is 5.89 Å². The Hall–Kier alpha value is -1.43. The fourth-order valence-electron chi connectivity index (χ4n) is 2.13. The monoisotopic (exact) mass is 253 g/mol. The fourth-order valence-corrected chi connectivity index (χ4v) is 2.13. The van der Waals surface area contributed by atoms with Gasteiger partial charge in [-0.3, -0.25) is 9.69 Å². The second-order valence-electron chi connectivity index (χ2n) is 4.94. The molecule has 2 rings (SSSR count). The second kappa shape index (κ2) is 5.48. The molecule has 1 aromatic heterocycles. The van der Waals surface area contributed by atoms with Crippen LogP contribution in [0, 0.1) is 11.8 Å². The molecule has 1 unspecified atom stereocenters. The van der Waals surface area contributed by atoms with Crippen molar-refractivity contribution >= 4 is 5.97 Å². The lowest BCUT2D eigenvalue weighted by Crippen LogP contribution is -2.50. The van der Waals surface area contributed by atoms with E-state index < -0.39 is 5.97 Å². The van der Waals surface area contributed by atoms with E-state index in [4.69, 9.17) is 9.63 Å². The van der Waals surface area contributed by atoms with Gasteiger partial charge in [-0.25, -0.2) is 0 Å². The molecule has 6 nitrogen and oxygen atoms in total. The summed E-state index contributed by atoms with van der Waals surface area (Å²) in [5.41, 5.74) is 0. The molecular formula is C12H19N3O3. The van der Waals surface area contributed by atoms with Crippen molar-refractivity contribution in [2.24, 2.45) is 11.8 Å². The van der Waals surface area contributed by atoms with Crippen LogP contribution < -0.4 is 0 Å². The lowest BCUT2D eigenvalue weighted by molar-refractivity contribution is -0.145. The normalized spacial score (nSPS) is 18.6. The Morgan fingerprint density at radius 3 is 2.94 bits per heavy atom. The van der Waals surface area contributed by atoms with Crippen LogP contribution in [0.2, 0.25) is 0 Å². The van der Waals surface area contributed by atoms with Crippen LogP contribution in [-0.2, 0) is 17.8 Å². The Bertz CT molecular complexity index is 412. The minimum Gasteiger partial charge on any atom is -0.481 e. The fraction of sp³-hybridized carbons (Fsp3) is 0.750. The predicted molar refractivity (Wildman–Crippen MR) is 63.9 cm³/mol. The molecule has 18 heavy (non-hydrogen) atoms. The average Bonchev–Trinajstić information content (AvgIpc) is 2.70. The number of aryl methyl sites for hydroxylation is 1. The second-order valence-corrected chi connectivity index (χ2v) is 4.94. The number of hydrogen-bond donors (Lipinski definition) is 1. The molecule has 6 heteroatoms. The lowest BCUT2D eigenvalue weighted by Gasteiger charge is -2.40. The first kappa shape index (κ1) is 13.0. The molecule has 1 aliphatic rings. The maximum absolute atomic E-state index is 10.8. The zero-order valence-electron chi connectivity index (χ0n) is 10.8. The number of nitrogens with zero attached hydrogens (tertiary/aromatic N) is 3. The van der Waals surface area contributed by atoms with Crippen molar-refractivity contribution in [3.63, 3.8) is 0 Å². The molecular weight excluding hydrogens is 234 g/mol. The summed E-state index contributed by atoms with van der Waals surface area (Å²) in [4.78, 5) is 17.2. The summed E-state index contributed by atoms with van der Waals surface area (Å²) in [6.07, 6.45) is 1.84. The van der Waals surface area contributed by atoms with Gasteiger partial charge in [0, 0.05) is 19.5 Å². The van der Waals surface area contributed by atoms with E-state index in [9.17, 15) is 4.79 Å². The zero-order valence-corrected chi connectivity index (χ0v) is 10.8. The van der Waals surface area contributed by atoms with Crippen molar-refractivity contribution in [2.75, 3.05) is 13.1 Å². The predicted octanol–water partition coefficient (Wildman–Crippen LogP) is 1.17. The number of carboxylic acids is 1. The van der Waals surface area contributed by atoms with E-state index in [1.54, 1.807) is 6.92 Å². The number of likely N-dealkylation sites (tertiary alicyclic amines) is 1. The van der Waals surface area contributed by atoms with Crippen molar-refractivity contribution in [3.05, 3.63) is 11.7 Å². The minimum atomic E-state index is -0.720. The molecule has 1 aromatic rings. The third kappa shape index (κ3) is 2.87. The summed E-state index contributed by atoms with van der Waals surface area (Å²) in [5, 5.41) is 12.8. The molecule has 0 saturated carbocycles. The van der Waals surface area contributed by atoms with Crippen molar-refractivity contribution in [2.45, 2.75) is 33.2 Å². The maximum Gasteiger partial charge on any atom is 0.306 e. The van der Waals surface area contributed by atoms with Crippen molar-refractivity contribution in [3.8, 4) is 0 Å². The molecule has 0 radical (unpaired) electrons. The van der Waals surface area contributed by atoms with Gasteiger partial charge in [0.15, 0.2) is 5.82 Å². The summed E-state index contributed by atoms with van der Waals surface area (Å²) in [7, 11) is 0. The van der Waals surface area contributed by atoms with Crippen LogP contribution in [0.5, 0.6) is 0 Å². The van der Waals surface area contributed by atoms with Gasteiger partial charge >= 0.3 is 5.97 Å². The van der Waals surface area contributed by atoms with Crippen molar-refractivity contribution < 1.29 is 14.4 Å². The first-order chi connectivity index (χ1) is 8.60. The summed E-state index contributed by atoms with van der Waals surface area (Å²) >= 11 is 0. The Balaban J connectivity index is 1.77. The van der Waals surface area contributed by atoms with E-state index in [0.717, 1.165) is 31.8 Å². The summed E-state index contributed by atoms with van der Waals surface area (Å²) in [6.45, 7) is 6.04. The third-order valence-electron chi connectivity index (χ3n) is 3.42. The third-order valence-corrected chi connectivity index (χ3v) is 3.42. The number of aromatic nitrogens is 2. The minimum absolute atomic E-state index is 0.237. The number of carbonyl (C=O) groups is 1. The molecule has 1 fully saturated rings. The van der Waals surface area contributed by atoms with Gasteiger partial charge < -0.3 is 9.63 Å².